The maximum absolute atomic E-state index is 13.7. The molecule has 32 heavy (non-hydrogen) atoms. The monoisotopic (exact) mass is 448 g/mol. The summed E-state index contributed by atoms with van der Waals surface area (Å²) in [6, 6.07) is 21.0. The first-order chi connectivity index (χ1) is 15.3. The quantitative estimate of drug-likeness (QED) is 0.469. The largest absolute Gasteiger partial charge is 0.497 e. The Morgan fingerprint density at radius 2 is 1.66 bits per heavy atom. The lowest BCUT2D eigenvalue weighted by atomic mass is 10.1. The van der Waals surface area contributed by atoms with Crippen molar-refractivity contribution in [1.29, 1.82) is 0 Å². The molecule has 3 aromatic carbocycles. The first-order valence-electron chi connectivity index (χ1n) is 10.1. The Hall–Kier alpha value is -3.58. The number of H-pyrrole nitrogens is 1. The highest BCUT2D eigenvalue weighted by Gasteiger charge is 2.27. The van der Waals surface area contributed by atoms with E-state index in [1.807, 2.05) is 26.0 Å². The lowest BCUT2D eigenvalue weighted by Crippen LogP contribution is -2.33. The number of aromatic nitrogens is 1. The summed E-state index contributed by atoms with van der Waals surface area (Å²) in [5.41, 5.74) is 2.94. The van der Waals surface area contributed by atoms with Gasteiger partial charge in [-0.1, -0.05) is 35.9 Å². The van der Waals surface area contributed by atoms with Gasteiger partial charge in [0.1, 0.15) is 5.75 Å². The Kier molecular flexibility index (Phi) is 5.76. The number of hydrogen-bond acceptors (Lipinski definition) is 4. The molecule has 6 nitrogen and oxygen atoms in total. The molecular formula is C25H24N2O4S. The molecule has 1 N–H and O–H groups in total. The number of aryl methyl sites for hydroxylation is 2. The molecule has 0 saturated heterocycles. The van der Waals surface area contributed by atoms with Crippen LogP contribution in [0.1, 0.15) is 16.7 Å². The van der Waals surface area contributed by atoms with Crippen molar-refractivity contribution in [3.8, 4) is 5.75 Å². The summed E-state index contributed by atoms with van der Waals surface area (Å²) in [5, 5.41) is 0.761. The zero-order valence-electron chi connectivity index (χ0n) is 18.1. The molecule has 0 radical (unpaired) electrons. The van der Waals surface area contributed by atoms with Gasteiger partial charge >= 0.3 is 0 Å². The molecule has 4 rings (SSSR count). The van der Waals surface area contributed by atoms with E-state index in [0.717, 1.165) is 16.5 Å². The molecule has 164 valence electrons. The van der Waals surface area contributed by atoms with Gasteiger partial charge in [-0.05, 0) is 61.9 Å². The van der Waals surface area contributed by atoms with Crippen molar-refractivity contribution >= 4 is 26.6 Å². The van der Waals surface area contributed by atoms with E-state index in [9.17, 15) is 13.2 Å². The van der Waals surface area contributed by atoms with Crippen LogP contribution in [0, 0.1) is 13.8 Å². The molecule has 0 aliphatic rings. The predicted molar refractivity (Wildman–Crippen MR) is 127 cm³/mol. The zero-order valence-corrected chi connectivity index (χ0v) is 18.9. The van der Waals surface area contributed by atoms with E-state index in [4.69, 9.17) is 4.74 Å². The fourth-order valence-electron chi connectivity index (χ4n) is 3.61. The van der Waals surface area contributed by atoms with Crippen LogP contribution in [0.25, 0.3) is 10.9 Å². The normalized spacial score (nSPS) is 11.5. The molecule has 0 atom stereocenters. The fraction of sp³-hybridized carbons (Fsp3) is 0.160. The summed E-state index contributed by atoms with van der Waals surface area (Å²) in [5.74, 6) is 0.651. The number of benzene rings is 3. The molecule has 0 unspecified atom stereocenters. The van der Waals surface area contributed by atoms with Crippen LogP contribution < -0.4 is 14.6 Å². The number of hydrogen-bond donors (Lipinski definition) is 1. The lowest BCUT2D eigenvalue weighted by Gasteiger charge is -2.26. The summed E-state index contributed by atoms with van der Waals surface area (Å²) in [4.78, 5) is 15.9. The van der Waals surface area contributed by atoms with Crippen molar-refractivity contribution < 1.29 is 13.2 Å². The SMILES string of the molecule is COc1ccc2[nH]c(=O)c(CN(c3ccccc3C)S(=O)(=O)c3ccc(C)cc3)cc2c1. The van der Waals surface area contributed by atoms with Crippen molar-refractivity contribution in [2.45, 2.75) is 25.3 Å². The average molecular weight is 449 g/mol. The Labute approximate surface area is 187 Å². The second kappa shape index (κ2) is 8.51. The van der Waals surface area contributed by atoms with Gasteiger partial charge in [0.15, 0.2) is 0 Å². The standard InChI is InChI=1S/C25H24N2O4S/c1-17-8-11-22(12-9-17)32(29,30)27(24-7-5-4-6-18(24)2)16-20-14-19-15-21(31-3)10-13-23(19)26-25(20)28/h4-15H,16H2,1-3H3,(H,26,28). The van der Waals surface area contributed by atoms with Crippen LogP contribution >= 0.6 is 0 Å². The smallest absolute Gasteiger partial charge is 0.264 e. The number of anilines is 1. The molecule has 7 heteroatoms. The number of ether oxygens (including phenoxy) is 1. The summed E-state index contributed by atoms with van der Waals surface area (Å²) in [7, 11) is -2.35. The minimum atomic E-state index is -3.92. The van der Waals surface area contributed by atoms with Gasteiger partial charge in [-0.3, -0.25) is 9.10 Å². The van der Waals surface area contributed by atoms with E-state index in [0.29, 0.717) is 22.5 Å². The molecule has 1 aromatic heterocycles. The van der Waals surface area contributed by atoms with Crippen LogP contribution in [0.5, 0.6) is 5.75 Å². The van der Waals surface area contributed by atoms with E-state index in [1.54, 1.807) is 67.8 Å². The third-order valence-electron chi connectivity index (χ3n) is 5.44. The maximum atomic E-state index is 13.7. The van der Waals surface area contributed by atoms with Crippen LogP contribution in [0.4, 0.5) is 5.69 Å². The van der Waals surface area contributed by atoms with Crippen molar-refractivity contribution in [1.82, 2.24) is 4.98 Å². The van der Waals surface area contributed by atoms with Crippen LogP contribution in [0.15, 0.2) is 82.5 Å². The molecule has 4 aromatic rings. The van der Waals surface area contributed by atoms with E-state index < -0.39 is 10.0 Å². The summed E-state index contributed by atoms with van der Waals surface area (Å²) in [6.45, 7) is 3.64. The molecule has 0 saturated carbocycles. The Morgan fingerprint density at radius 1 is 0.938 bits per heavy atom. The van der Waals surface area contributed by atoms with Gasteiger partial charge in [0.05, 0.1) is 24.2 Å². The summed E-state index contributed by atoms with van der Waals surface area (Å²) < 4.78 is 33.9. The highest BCUT2D eigenvalue weighted by Crippen LogP contribution is 2.29. The van der Waals surface area contributed by atoms with Crippen molar-refractivity contribution in [2.24, 2.45) is 0 Å². The minimum Gasteiger partial charge on any atom is -0.497 e. The van der Waals surface area contributed by atoms with Gasteiger partial charge in [0.2, 0.25) is 0 Å². The number of nitrogens with one attached hydrogen (secondary N) is 1. The van der Waals surface area contributed by atoms with Crippen LogP contribution in [0.3, 0.4) is 0 Å². The fourth-order valence-corrected chi connectivity index (χ4v) is 5.12. The number of aromatic amines is 1. The van der Waals surface area contributed by atoms with Crippen molar-refractivity contribution in [3.05, 3.63) is 99.8 Å². The van der Waals surface area contributed by atoms with Gasteiger partial charge in [-0.2, -0.15) is 0 Å². The summed E-state index contributed by atoms with van der Waals surface area (Å²) in [6.07, 6.45) is 0. The number of nitrogens with zero attached hydrogens (tertiary/aromatic N) is 1. The van der Waals surface area contributed by atoms with Gasteiger partial charge in [0.25, 0.3) is 15.6 Å². The van der Waals surface area contributed by atoms with Gasteiger partial charge in [0, 0.05) is 16.5 Å². The van der Waals surface area contributed by atoms with Gasteiger partial charge < -0.3 is 9.72 Å². The van der Waals surface area contributed by atoms with Gasteiger partial charge in [-0.25, -0.2) is 8.42 Å². The Balaban J connectivity index is 1.86. The molecular weight excluding hydrogens is 424 g/mol. The first-order valence-corrected chi connectivity index (χ1v) is 11.6. The van der Waals surface area contributed by atoms with Crippen LogP contribution in [-0.4, -0.2) is 20.5 Å². The first kappa shape index (κ1) is 21.6. The number of para-hydroxylation sites is 1. The third kappa shape index (κ3) is 4.11. The molecule has 0 aliphatic heterocycles. The second-order valence-corrected chi connectivity index (χ2v) is 9.55. The molecule has 1 heterocycles. The molecule has 0 fully saturated rings. The zero-order chi connectivity index (χ0) is 22.9. The number of pyridine rings is 1. The number of fused-ring (bicyclic) bond motifs is 1. The Morgan fingerprint density at radius 3 is 2.34 bits per heavy atom. The van der Waals surface area contributed by atoms with E-state index >= 15 is 0 Å². The predicted octanol–water partition coefficient (Wildman–Crippen LogP) is 4.55. The maximum Gasteiger partial charge on any atom is 0.264 e. The third-order valence-corrected chi connectivity index (χ3v) is 7.21. The van der Waals surface area contributed by atoms with Crippen molar-refractivity contribution in [2.75, 3.05) is 11.4 Å². The summed E-state index contributed by atoms with van der Waals surface area (Å²) >= 11 is 0. The Bertz CT molecular complexity index is 1440. The number of methoxy groups -OCH3 is 1. The molecule has 0 spiro atoms. The highest BCUT2D eigenvalue weighted by molar-refractivity contribution is 7.92. The van der Waals surface area contributed by atoms with E-state index in [2.05, 4.69) is 4.98 Å². The van der Waals surface area contributed by atoms with E-state index in [1.165, 1.54) is 4.31 Å². The highest BCUT2D eigenvalue weighted by atomic mass is 32.2. The van der Waals surface area contributed by atoms with Crippen LogP contribution in [-0.2, 0) is 16.6 Å². The minimum absolute atomic E-state index is 0.108. The lowest BCUT2D eigenvalue weighted by molar-refractivity contribution is 0.415. The van der Waals surface area contributed by atoms with E-state index in [-0.39, 0.29) is 17.0 Å². The molecule has 0 amide bonds. The average Bonchev–Trinajstić information content (AvgIpc) is 2.78. The van der Waals surface area contributed by atoms with Crippen LogP contribution in [0.2, 0.25) is 0 Å². The second-order valence-electron chi connectivity index (χ2n) is 7.69. The topological polar surface area (TPSA) is 79.5 Å². The van der Waals surface area contributed by atoms with Gasteiger partial charge in [-0.15, -0.1) is 0 Å². The molecule has 0 aliphatic carbocycles. The van der Waals surface area contributed by atoms with Crippen molar-refractivity contribution in [3.63, 3.8) is 0 Å². The molecule has 0 bridgehead atoms. The number of rotatable bonds is 6. The number of sulfonamides is 1.